The molecule has 0 unspecified atom stereocenters. The Morgan fingerprint density at radius 3 is 2.02 bits per heavy atom. The largest absolute Gasteiger partial charge is 0.394 e. The lowest BCUT2D eigenvalue weighted by molar-refractivity contribution is -0.387. The minimum atomic E-state index is -1.35. The number of rotatable bonds is 15. The van der Waals surface area contributed by atoms with Crippen LogP contribution >= 0.6 is 0 Å². The molecule has 3 atom stereocenters. The van der Waals surface area contributed by atoms with Crippen LogP contribution in [0.3, 0.4) is 0 Å². The van der Waals surface area contributed by atoms with E-state index in [1.165, 1.54) is 6.07 Å². The zero-order chi connectivity index (χ0) is 30.6. The highest BCUT2D eigenvalue weighted by atomic mass is 19.1. The summed E-state index contributed by atoms with van der Waals surface area (Å²) in [5, 5.41) is 37.2. The summed E-state index contributed by atoms with van der Waals surface area (Å²) >= 11 is 0. The van der Waals surface area contributed by atoms with Gasteiger partial charge in [-0.25, -0.2) is 0 Å². The first-order valence-corrected chi connectivity index (χ1v) is 13.7. The van der Waals surface area contributed by atoms with Crippen molar-refractivity contribution in [2.45, 2.75) is 51.5 Å². The molecule has 0 saturated heterocycles. The average Bonchev–Trinajstić information content (AvgIpc) is 2.96. The molecule has 3 aromatic rings. The van der Waals surface area contributed by atoms with Gasteiger partial charge in [-0.05, 0) is 35.1 Å². The van der Waals surface area contributed by atoms with Crippen LogP contribution in [0.15, 0.2) is 78.9 Å². The van der Waals surface area contributed by atoms with Gasteiger partial charge < -0.3 is 20.8 Å². The number of hydrogen-bond donors (Lipinski definition) is 4. The normalized spacial score (nSPS) is 13.4. The van der Waals surface area contributed by atoms with Crippen molar-refractivity contribution in [1.82, 2.24) is 15.5 Å². The van der Waals surface area contributed by atoms with Gasteiger partial charge in [-0.1, -0.05) is 80.6 Å². The van der Waals surface area contributed by atoms with Gasteiger partial charge in [0, 0.05) is 25.7 Å². The first-order valence-electron chi connectivity index (χ1n) is 13.7. The molecule has 4 N–H and O–H groups in total. The summed E-state index contributed by atoms with van der Waals surface area (Å²) in [4.78, 5) is 38.7. The first-order chi connectivity index (χ1) is 20.1. The van der Waals surface area contributed by atoms with E-state index in [9.17, 15) is 34.3 Å². The number of hydrogen-bond acceptors (Lipinski definition) is 7. The van der Waals surface area contributed by atoms with Crippen LogP contribution in [0, 0.1) is 21.8 Å². The third kappa shape index (κ3) is 9.44. The summed E-state index contributed by atoms with van der Waals surface area (Å²) in [6, 6.07) is 20.2. The van der Waals surface area contributed by atoms with Crippen LogP contribution in [-0.2, 0) is 22.7 Å². The minimum absolute atomic E-state index is 0.0167. The molecule has 2 amide bonds. The van der Waals surface area contributed by atoms with Gasteiger partial charge >= 0.3 is 5.69 Å². The zero-order valence-electron chi connectivity index (χ0n) is 23.7. The summed E-state index contributed by atoms with van der Waals surface area (Å²) in [6.45, 7) is 3.74. The zero-order valence-corrected chi connectivity index (χ0v) is 23.7. The molecule has 3 aromatic carbocycles. The lowest BCUT2D eigenvalue weighted by Gasteiger charge is -2.31. The molecule has 11 heteroatoms. The number of carbonyl (C=O) groups excluding carboxylic acids is 2. The van der Waals surface area contributed by atoms with Crippen molar-refractivity contribution in [3.8, 4) is 0 Å². The molecule has 0 aliphatic heterocycles. The van der Waals surface area contributed by atoms with Crippen LogP contribution in [0.4, 0.5) is 10.1 Å². The van der Waals surface area contributed by atoms with Crippen LogP contribution in [0.2, 0.25) is 0 Å². The number of nitrogens with one attached hydrogen (secondary N) is 2. The van der Waals surface area contributed by atoms with E-state index in [0.29, 0.717) is 13.1 Å². The van der Waals surface area contributed by atoms with Crippen molar-refractivity contribution in [2.24, 2.45) is 5.92 Å². The highest BCUT2D eigenvalue weighted by molar-refractivity contribution is 5.89. The molecule has 0 saturated carbocycles. The molecular formula is C31H37FN4O6. The average molecular weight is 581 g/mol. The summed E-state index contributed by atoms with van der Waals surface area (Å²) < 4.78 is 13.7. The maximum atomic E-state index is 13.7. The third-order valence-electron chi connectivity index (χ3n) is 6.73. The van der Waals surface area contributed by atoms with Crippen molar-refractivity contribution in [3.63, 3.8) is 0 Å². The predicted octanol–water partition coefficient (Wildman–Crippen LogP) is 3.48. The Balaban J connectivity index is 1.73. The second-order valence-electron chi connectivity index (χ2n) is 10.5. The first kappa shape index (κ1) is 32.3. The van der Waals surface area contributed by atoms with Crippen molar-refractivity contribution >= 4 is 17.5 Å². The molecule has 224 valence electrons. The van der Waals surface area contributed by atoms with Crippen LogP contribution in [0.1, 0.15) is 43.1 Å². The maximum absolute atomic E-state index is 13.7. The summed E-state index contributed by atoms with van der Waals surface area (Å²) in [5.41, 5.74) is 1.18. The van der Waals surface area contributed by atoms with E-state index in [0.717, 1.165) is 23.3 Å². The summed E-state index contributed by atoms with van der Waals surface area (Å²) in [7, 11) is 0. The highest BCUT2D eigenvalue weighted by Crippen LogP contribution is 2.22. The number of aliphatic hydroxyl groups excluding tert-OH is 2. The molecule has 0 heterocycles. The fourth-order valence-corrected chi connectivity index (χ4v) is 4.56. The van der Waals surface area contributed by atoms with Crippen LogP contribution in [-0.4, -0.2) is 57.1 Å². The van der Waals surface area contributed by atoms with E-state index >= 15 is 0 Å². The number of aliphatic hydroxyl groups is 2. The van der Waals surface area contributed by atoms with Gasteiger partial charge in [0.2, 0.25) is 17.6 Å². The van der Waals surface area contributed by atoms with E-state index in [1.807, 2.05) is 79.4 Å². The molecule has 0 bridgehead atoms. The summed E-state index contributed by atoms with van der Waals surface area (Å²) in [5.74, 6) is -2.11. The number of nitrogens with zero attached hydrogens (tertiary/aromatic N) is 2. The maximum Gasteiger partial charge on any atom is 0.305 e. The molecule has 0 radical (unpaired) electrons. The van der Waals surface area contributed by atoms with E-state index in [4.69, 9.17) is 0 Å². The van der Waals surface area contributed by atoms with Gasteiger partial charge in [0.1, 0.15) is 12.1 Å². The van der Waals surface area contributed by atoms with Gasteiger partial charge in [-0.2, -0.15) is 4.39 Å². The number of carbonyl (C=O) groups is 2. The smallest absolute Gasteiger partial charge is 0.305 e. The Morgan fingerprint density at radius 1 is 0.952 bits per heavy atom. The molecule has 0 spiro atoms. The molecule has 0 fully saturated rings. The van der Waals surface area contributed by atoms with Gasteiger partial charge in [0.25, 0.3) is 0 Å². The fourth-order valence-electron chi connectivity index (χ4n) is 4.56. The number of benzene rings is 3. The minimum Gasteiger partial charge on any atom is -0.394 e. The number of halogens is 1. The fraction of sp³-hybridized carbons (Fsp3) is 0.355. The van der Waals surface area contributed by atoms with Gasteiger partial charge in [0.15, 0.2) is 0 Å². The van der Waals surface area contributed by atoms with Crippen molar-refractivity contribution in [3.05, 3.63) is 111 Å². The van der Waals surface area contributed by atoms with Crippen LogP contribution < -0.4 is 10.6 Å². The molecule has 42 heavy (non-hydrogen) atoms. The van der Waals surface area contributed by atoms with Gasteiger partial charge in [-0.15, -0.1) is 0 Å². The molecule has 0 aliphatic carbocycles. The van der Waals surface area contributed by atoms with E-state index in [1.54, 1.807) is 0 Å². The topological polar surface area (TPSA) is 145 Å². The standard InChI is InChI=1S/C31H37FN4O6/c1-21(2)15-26(30(39)33-17-29(38)24-13-14-25(32)27(16-24)36(41)42)34-31(40)28(20-37)35(18-22-9-5-3-6-10-22)19-23-11-7-4-8-12-23/h3-14,16,21,26,28-29,37-38H,15,17-20H2,1-2H3,(H,33,39)(H,34,40)/t26-,28-,29-/m0/s1. The van der Waals surface area contributed by atoms with Crippen LogP contribution in [0.25, 0.3) is 0 Å². The Hall–Kier alpha value is -4.19. The Bertz CT molecular complexity index is 1280. The van der Waals surface area contributed by atoms with Crippen molar-refractivity contribution in [1.29, 1.82) is 0 Å². The summed E-state index contributed by atoms with van der Waals surface area (Å²) in [6.07, 6.45) is -1.06. The number of nitro groups is 1. The lowest BCUT2D eigenvalue weighted by Crippen LogP contribution is -2.55. The van der Waals surface area contributed by atoms with Crippen LogP contribution in [0.5, 0.6) is 0 Å². The van der Waals surface area contributed by atoms with E-state index in [2.05, 4.69) is 10.6 Å². The monoisotopic (exact) mass is 580 g/mol. The lowest BCUT2D eigenvalue weighted by atomic mass is 10.0. The highest BCUT2D eigenvalue weighted by Gasteiger charge is 2.30. The van der Waals surface area contributed by atoms with E-state index < -0.39 is 53.0 Å². The molecule has 0 aliphatic rings. The van der Waals surface area contributed by atoms with Gasteiger partial charge in [-0.3, -0.25) is 24.6 Å². The third-order valence-corrected chi connectivity index (χ3v) is 6.73. The van der Waals surface area contributed by atoms with Crippen molar-refractivity contribution < 1.29 is 29.1 Å². The van der Waals surface area contributed by atoms with Crippen molar-refractivity contribution in [2.75, 3.05) is 13.2 Å². The predicted molar refractivity (Wildman–Crippen MR) is 155 cm³/mol. The Labute approximate surface area is 244 Å². The molecule has 3 rings (SSSR count). The SMILES string of the molecule is CC(C)C[C@H](NC(=O)[C@H](CO)N(Cc1ccccc1)Cc1ccccc1)C(=O)NC[C@H](O)c1ccc(F)c([N+](=O)[O-])c1. The number of amides is 2. The quantitative estimate of drug-likeness (QED) is 0.159. The van der Waals surface area contributed by atoms with E-state index in [-0.39, 0.29) is 24.4 Å². The second kappa shape index (κ2) is 15.7. The molecule has 10 nitrogen and oxygen atoms in total. The molecule has 0 aromatic heterocycles. The Morgan fingerprint density at radius 2 is 1.52 bits per heavy atom. The van der Waals surface area contributed by atoms with Gasteiger partial charge in [0.05, 0.1) is 17.6 Å². The number of nitro benzene ring substituents is 1. The Kier molecular flexibility index (Phi) is 12.1. The molecular weight excluding hydrogens is 543 g/mol. The second-order valence-corrected chi connectivity index (χ2v) is 10.5.